The number of hydrogen-bond donors (Lipinski definition) is 2. The zero-order chi connectivity index (χ0) is 26.5. The first-order valence-electron chi connectivity index (χ1n) is 12.2. The van der Waals surface area contributed by atoms with Gasteiger partial charge in [-0.3, -0.25) is 10.1 Å². The van der Waals surface area contributed by atoms with Gasteiger partial charge in [-0.2, -0.15) is 9.97 Å². The molecule has 2 N–H and O–H groups in total. The number of hydrogen-bond acceptors (Lipinski definition) is 8. The first kappa shape index (κ1) is 24.7. The molecule has 2 amide bonds. The molecule has 0 spiro atoms. The Bertz CT molecular complexity index is 1450. The molecule has 12 nitrogen and oxygen atoms in total. The zero-order valence-corrected chi connectivity index (χ0v) is 20.7. The van der Waals surface area contributed by atoms with E-state index in [-0.39, 0.29) is 11.7 Å². The largest absolute Gasteiger partial charge is 0.365 e. The molecule has 1 aliphatic rings. The number of benzene rings is 2. The number of nitrogens with one attached hydrogen (secondary N) is 2. The fourth-order valence-corrected chi connectivity index (χ4v) is 4.24. The molecule has 0 bridgehead atoms. The van der Waals surface area contributed by atoms with Gasteiger partial charge in [-0.05, 0) is 17.7 Å². The van der Waals surface area contributed by atoms with E-state index in [9.17, 15) is 14.9 Å². The Morgan fingerprint density at radius 3 is 2.47 bits per heavy atom. The van der Waals surface area contributed by atoms with Crippen molar-refractivity contribution >= 4 is 40.3 Å². The minimum Gasteiger partial charge on any atom is -0.365 e. The van der Waals surface area contributed by atoms with Gasteiger partial charge in [0.05, 0.1) is 17.8 Å². The summed E-state index contributed by atoms with van der Waals surface area (Å²) >= 11 is 0. The summed E-state index contributed by atoms with van der Waals surface area (Å²) in [6, 6.07) is 15.6. The summed E-state index contributed by atoms with van der Waals surface area (Å²) < 4.78 is 2.00. The number of imidazole rings is 1. The number of fused-ring (bicyclic) bond motifs is 1. The quantitative estimate of drug-likeness (QED) is 0.207. The number of carbonyl (C=O) groups is 1. The van der Waals surface area contributed by atoms with Crippen molar-refractivity contribution in [3.05, 3.63) is 89.3 Å². The predicted octanol–water partition coefficient (Wildman–Crippen LogP) is 3.73. The van der Waals surface area contributed by atoms with Crippen molar-refractivity contribution in [2.75, 3.05) is 48.3 Å². The summed E-state index contributed by atoms with van der Waals surface area (Å²) in [4.78, 5) is 41.1. The second-order valence-corrected chi connectivity index (χ2v) is 8.78. The van der Waals surface area contributed by atoms with E-state index in [1.165, 1.54) is 24.3 Å². The maximum Gasteiger partial charge on any atom is 0.321 e. The van der Waals surface area contributed by atoms with E-state index in [2.05, 4.69) is 34.3 Å². The van der Waals surface area contributed by atoms with Gasteiger partial charge < -0.3 is 25.0 Å². The van der Waals surface area contributed by atoms with Gasteiger partial charge in [-0.15, -0.1) is 6.58 Å². The number of nitro groups is 1. The second kappa shape index (κ2) is 10.9. The maximum absolute atomic E-state index is 12.8. The number of anilines is 3. The first-order valence-corrected chi connectivity index (χ1v) is 12.2. The number of urea groups is 1. The van der Waals surface area contributed by atoms with Crippen LogP contribution < -0.4 is 15.5 Å². The summed E-state index contributed by atoms with van der Waals surface area (Å²) in [6.07, 6.45) is 3.53. The number of amides is 2. The van der Waals surface area contributed by atoms with Gasteiger partial charge in [0, 0.05) is 50.5 Å². The van der Waals surface area contributed by atoms with Crippen LogP contribution in [-0.4, -0.2) is 68.1 Å². The first-order chi connectivity index (χ1) is 18.5. The third-order valence-corrected chi connectivity index (χ3v) is 6.24. The Hall–Kier alpha value is -5.00. The molecule has 1 aliphatic heterocycles. The standard InChI is InChI=1S/C26H27N9O3/c1-2-12-27-23-22-24(34(18-28-22)17-19-6-4-3-5-7-19)31-25(30-23)32-13-15-33(16-14-32)26(36)29-20-8-10-21(11-9-20)35(37)38/h2-11,18H,1,12-17H2,(H,29,36)(H,27,30,31). The van der Waals surface area contributed by atoms with E-state index < -0.39 is 4.92 Å². The van der Waals surface area contributed by atoms with Gasteiger partial charge in [0.25, 0.3) is 5.69 Å². The summed E-state index contributed by atoms with van der Waals surface area (Å²) in [5, 5.41) is 16.9. The van der Waals surface area contributed by atoms with Crippen LogP contribution in [0, 0.1) is 10.1 Å². The monoisotopic (exact) mass is 513 g/mol. The highest BCUT2D eigenvalue weighted by Crippen LogP contribution is 2.24. The van der Waals surface area contributed by atoms with Crippen LogP contribution in [0.2, 0.25) is 0 Å². The van der Waals surface area contributed by atoms with Gasteiger partial charge in [0.1, 0.15) is 0 Å². The molecule has 0 radical (unpaired) electrons. The molecular formula is C26H27N9O3. The highest BCUT2D eigenvalue weighted by Gasteiger charge is 2.24. The fraction of sp³-hybridized carbons (Fsp3) is 0.231. The SMILES string of the molecule is C=CCNc1nc(N2CCN(C(=O)Nc3ccc([N+](=O)[O-])cc3)CC2)nc2c1ncn2Cc1ccccc1. The van der Waals surface area contributed by atoms with Gasteiger partial charge in [0.15, 0.2) is 17.0 Å². The molecular weight excluding hydrogens is 486 g/mol. The fourth-order valence-electron chi connectivity index (χ4n) is 4.24. The van der Waals surface area contributed by atoms with Crippen LogP contribution in [0.25, 0.3) is 11.2 Å². The molecule has 5 rings (SSSR count). The van der Waals surface area contributed by atoms with Crippen molar-refractivity contribution in [2.45, 2.75) is 6.54 Å². The van der Waals surface area contributed by atoms with E-state index in [1.807, 2.05) is 27.7 Å². The summed E-state index contributed by atoms with van der Waals surface area (Å²) in [5.74, 6) is 1.20. The summed E-state index contributed by atoms with van der Waals surface area (Å²) in [5.41, 5.74) is 3.03. The van der Waals surface area contributed by atoms with Crippen molar-refractivity contribution in [2.24, 2.45) is 0 Å². The average Bonchev–Trinajstić information content (AvgIpc) is 3.35. The van der Waals surface area contributed by atoms with Crippen LogP contribution in [0.4, 0.5) is 27.9 Å². The van der Waals surface area contributed by atoms with E-state index in [0.717, 1.165) is 11.2 Å². The molecule has 0 saturated carbocycles. The molecule has 2 aromatic heterocycles. The second-order valence-electron chi connectivity index (χ2n) is 8.78. The number of non-ortho nitro benzene ring substituents is 1. The molecule has 38 heavy (non-hydrogen) atoms. The number of nitro benzene ring substituents is 1. The Balaban J connectivity index is 1.30. The van der Waals surface area contributed by atoms with Crippen molar-refractivity contribution in [3.8, 4) is 0 Å². The van der Waals surface area contributed by atoms with Gasteiger partial charge in [-0.1, -0.05) is 36.4 Å². The van der Waals surface area contributed by atoms with E-state index >= 15 is 0 Å². The molecule has 0 atom stereocenters. The average molecular weight is 514 g/mol. The Morgan fingerprint density at radius 1 is 1.05 bits per heavy atom. The molecule has 0 unspecified atom stereocenters. The normalized spacial score (nSPS) is 13.4. The Labute approximate surface area is 218 Å². The highest BCUT2D eigenvalue weighted by atomic mass is 16.6. The Kier molecular flexibility index (Phi) is 7.11. The topological polar surface area (TPSA) is 134 Å². The molecule has 3 heterocycles. The molecule has 1 saturated heterocycles. The highest BCUT2D eigenvalue weighted by molar-refractivity contribution is 5.89. The molecule has 12 heteroatoms. The number of aromatic nitrogens is 4. The summed E-state index contributed by atoms with van der Waals surface area (Å²) in [7, 11) is 0. The Morgan fingerprint density at radius 2 is 1.79 bits per heavy atom. The third-order valence-electron chi connectivity index (χ3n) is 6.24. The lowest BCUT2D eigenvalue weighted by molar-refractivity contribution is -0.384. The number of carbonyl (C=O) groups excluding carboxylic acids is 1. The van der Waals surface area contributed by atoms with Crippen LogP contribution >= 0.6 is 0 Å². The number of nitrogens with zero attached hydrogens (tertiary/aromatic N) is 7. The number of piperazine rings is 1. The van der Waals surface area contributed by atoms with Crippen molar-refractivity contribution in [1.82, 2.24) is 24.4 Å². The lowest BCUT2D eigenvalue weighted by Gasteiger charge is -2.34. The predicted molar refractivity (Wildman–Crippen MR) is 145 cm³/mol. The van der Waals surface area contributed by atoms with Gasteiger partial charge >= 0.3 is 6.03 Å². The van der Waals surface area contributed by atoms with Crippen LogP contribution in [0.3, 0.4) is 0 Å². The van der Waals surface area contributed by atoms with Crippen LogP contribution in [0.5, 0.6) is 0 Å². The van der Waals surface area contributed by atoms with Crippen LogP contribution in [0.1, 0.15) is 5.56 Å². The number of rotatable bonds is 8. The lowest BCUT2D eigenvalue weighted by Crippen LogP contribution is -2.50. The third kappa shape index (κ3) is 5.38. The maximum atomic E-state index is 12.8. The van der Waals surface area contributed by atoms with Crippen LogP contribution in [0.15, 0.2) is 73.6 Å². The molecule has 0 aliphatic carbocycles. The van der Waals surface area contributed by atoms with Crippen molar-refractivity contribution in [3.63, 3.8) is 0 Å². The van der Waals surface area contributed by atoms with Crippen LogP contribution in [-0.2, 0) is 6.54 Å². The minimum atomic E-state index is -0.475. The molecule has 2 aromatic carbocycles. The smallest absolute Gasteiger partial charge is 0.321 e. The molecule has 1 fully saturated rings. The lowest BCUT2D eigenvalue weighted by atomic mass is 10.2. The van der Waals surface area contributed by atoms with Gasteiger partial charge in [0.2, 0.25) is 5.95 Å². The van der Waals surface area contributed by atoms with Crippen molar-refractivity contribution in [1.29, 1.82) is 0 Å². The van der Waals surface area contributed by atoms with Gasteiger partial charge in [-0.25, -0.2) is 9.78 Å². The van der Waals surface area contributed by atoms with E-state index in [4.69, 9.17) is 9.97 Å². The summed E-state index contributed by atoms with van der Waals surface area (Å²) in [6.45, 7) is 6.99. The van der Waals surface area contributed by atoms with E-state index in [1.54, 1.807) is 17.3 Å². The molecule has 4 aromatic rings. The zero-order valence-electron chi connectivity index (χ0n) is 20.7. The van der Waals surface area contributed by atoms with Crippen molar-refractivity contribution < 1.29 is 9.72 Å². The minimum absolute atomic E-state index is 0.0272. The van der Waals surface area contributed by atoms with E-state index in [0.29, 0.717) is 62.2 Å². The molecule has 194 valence electrons.